The molecular formula is C19H19ClN2O5. The van der Waals surface area contributed by atoms with Crippen molar-refractivity contribution in [2.75, 3.05) is 39.4 Å². The zero-order valence-electron chi connectivity index (χ0n) is 14.7. The molecule has 0 bridgehead atoms. The van der Waals surface area contributed by atoms with Gasteiger partial charge >= 0.3 is 0 Å². The van der Waals surface area contributed by atoms with Gasteiger partial charge in [0.2, 0.25) is 0 Å². The highest BCUT2D eigenvalue weighted by atomic mass is 35.5. The van der Waals surface area contributed by atoms with E-state index in [1.807, 2.05) is 0 Å². The topological polar surface area (TPSA) is 72.2 Å². The van der Waals surface area contributed by atoms with Crippen LogP contribution in [0.2, 0.25) is 5.02 Å². The van der Waals surface area contributed by atoms with Gasteiger partial charge in [0, 0.05) is 38.2 Å². The van der Waals surface area contributed by atoms with Crippen LogP contribution in [-0.4, -0.2) is 61.0 Å². The third kappa shape index (κ3) is 3.60. The number of hydrogen-bond acceptors (Lipinski definition) is 5. The average molecular weight is 391 g/mol. The number of hydrogen-bond donors (Lipinski definition) is 0. The Labute approximate surface area is 161 Å². The van der Waals surface area contributed by atoms with Crippen LogP contribution in [0.15, 0.2) is 35.1 Å². The Bertz CT molecular complexity index is 844. The van der Waals surface area contributed by atoms with Gasteiger partial charge in [-0.15, -0.1) is 0 Å². The standard InChI is InChI=1S/C19H19ClN2O5/c20-15-10-14(11-16-17(15)27-8-1-7-26-16)19(24)22-5-3-21(4-6-22)18(23)13-2-9-25-12-13/h2,9-12H,1,3-8H2. The van der Waals surface area contributed by atoms with Crippen LogP contribution in [0.25, 0.3) is 0 Å². The van der Waals surface area contributed by atoms with Gasteiger partial charge in [0.25, 0.3) is 11.8 Å². The Balaban J connectivity index is 1.44. The fourth-order valence-electron chi connectivity index (χ4n) is 3.22. The monoisotopic (exact) mass is 390 g/mol. The summed E-state index contributed by atoms with van der Waals surface area (Å²) in [4.78, 5) is 28.7. The van der Waals surface area contributed by atoms with Gasteiger partial charge in [-0.3, -0.25) is 9.59 Å². The number of furan rings is 1. The summed E-state index contributed by atoms with van der Waals surface area (Å²) >= 11 is 6.29. The van der Waals surface area contributed by atoms with Crippen LogP contribution in [-0.2, 0) is 0 Å². The lowest BCUT2D eigenvalue weighted by Crippen LogP contribution is -2.50. The molecule has 0 spiro atoms. The first-order valence-electron chi connectivity index (χ1n) is 8.83. The second-order valence-corrected chi connectivity index (χ2v) is 6.84. The quantitative estimate of drug-likeness (QED) is 0.788. The minimum atomic E-state index is -0.136. The summed E-state index contributed by atoms with van der Waals surface area (Å²) in [6, 6.07) is 4.93. The molecule has 1 saturated heterocycles. The van der Waals surface area contributed by atoms with Crippen molar-refractivity contribution >= 4 is 23.4 Å². The summed E-state index contributed by atoms with van der Waals surface area (Å²) in [6.45, 7) is 2.90. The molecule has 2 amide bonds. The molecule has 4 rings (SSSR count). The highest BCUT2D eigenvalue weighted by molar-refractivity contribution is 6.32. The van der Waals surface area contributed by atoms with Crippen LogP contribution in [0.3, 0.4) is 0 Å². The first kappa shape index (κ1) is 17.7. The number of benzene rings is 1. The minimum absolute atomic E-state index is 0.0885. The highest BCUT2D eigenvalue weighted by Gasteiger charge is 2.27. The predicted molar refractivity (Wildman–Crippen MR) is 97.6 cm³/mol. The number of amides is 2. The van der Waals surface area contributed by atoms with Gasteiger partial charge in [0.05, 0.1) is 30.1 Å². The third-order valence-corrected chi connectivity index (χ3v) is 4.95. The SMILES string of the molecule is O=C(c1ccoc1)N1CCN(C(=O)c2cc(Cl)c3c(c2)OCCCO3)CC1. The van der Waals surface area contributed by atoms with E-state index in [0.717, 1.165) is 6.42 Å². The Morgan fingerprint density at radius 2 is 1.59 bits per heavy atom. The molecule has 0 unspecified atom stereocenters. The van der Waals surface area contributed by atoms with Gasteiger partial charge in [-0.25, -0.2) is 0 Å². The van der Waals surface area contributed by atoms with Gasteiger partial charge < -0.3 is 23.7 Å². The largest absolute Gasteiger partial charge is 0.489 e. The third-order valence-electron chi connectivity index (χ3n) is 4.67. The van der Waals surface area contributed by atoms with Crippen LogP contribution >= 0.6 is 11.6 Å². The summed E-state index contributed by atoms with van der Waals surface area (Å²) in [7, 11) is 0. The molecule has 2 aliphatic rings. The minimum Gasteiger partial charge on any atom is -0.489 e. The van der Waals surface area contributed by atoms with Gasteiger partial charge in [0.1, 0.15) is 6.26 Å². The first-order chi connectivity index (χ1) is 13.1. The molecule has 2 aromatic rings. The van der Waals surface area contributed by atoms with Gasteiger partial charge in [0.15, 0.2) is 11.5 Å². The second kappa shape index (κ2) is 7.52. The summed E-state index contributed by atoms with van der Waals surface area (Å²) in [5, 5.41) is 0.367. The molecule has 1 aromatic heterocycles. The molecule has 27 heavy (non-hydrogen) atoms. The molecule has 2 aliphatic heterocycles. The van der Waals surface area contributed by atoms with Gasteiger partial charge in [-0.05, 0) is 18.2 Å². The maximum Gasteiger partial charge on any atom is 0.257 e. The van der Waals surface area contributed by atoms with Crippen molar-refractivity contribution in [1.29, 1.82) is 0 Å². The lowest BCUT2D eigenvalue weighted by atomic mass is 10.1. The summed E-state index contributed by atoms with van der Waals surface area (Å²) < 4.78 is 16.2. The maximum atomic E-state index is 12.9. The van der Waals surface area contributed by atoms with Gasteiger partial charge in [-0.2, -0.15) is 0 Å². The number of carbonyl (C=O) groups excluding carboxylic acids is 2. The molecule has 1 aromatic carbocycles. The van der Waals surface area contributed by atoms with Crippen molar-refractivity contribution in [1.82, 2.24) is 9.80 Å². The lowest BCUT2D eigenvalue weighted by Gasteiger charge is -2.34. The normalized spacial score (nSPS) is 16.8. The Morgan fingerprint density at radius 1 is 0.926 bits per heavy atom. The van der Waals surface area contributed by atoms with E-state index >= 15 is 0 Å². The molecule has 0 N–H and O–H groups in total. The van der Waals surface area contributed by atoms with Crippen molar-refractivity contribution in [2.24, 2.45) is 0 Å². The first-order valence-corrected chi connectivity index (χ1v) is 9.21. The van der Waals surface area contributed by atoms with Crippen molar-refractivity contribution < 1.29 is 23.5 Å². The van der Waals surface area contributed by atoms with Gasteiger partial charge in [-0.1, -0.05) is 11.6 Å². The summed E-state index contributed by atoms with van der Waals surface area (Å²) in [5.41, 5.74) is 0.975. The summed E-state index contributed by atoms with van der Waals surface area (Å²) in [5.74, 6) is 0.760. The molecule has 0 saturated carbocycles. The second-order valence-electron chi connectivity index (χ2n) is 6.43. The average Bonchev–Trinajstić information content (AvgIpc) is 3.12. The van der Waals surface area contributed by atoms with E-state index in [0.29, 0.717) is 67.0 Å². The van der Waals surface area contributed by atoms with E-state index < -0.39 is 0 Å². The van der Waals surface area contributed by atoms with Crippen molar-refractivity contribution in [2.45, 2.75) is 6.42 Å². The van der Waals surface area contributed by atoms with E-state index in [4.69, 9.17) is 25.5 Å². The van der Waals surface area contributed by atoms with Crippen LogP contribution < -0.4 is 9.47 Å². The van der Waals surface area contributed by atoms with Crippen molar-refractivity contribution in [3.8, 4) is 11.5 Å². The Kier molecular flexibility index (Phi) is 4.94. The molecule has 8 heteroatoms. The molecule has 1 fully saturated rings. The smallest absolute Gasteiger partial charge is 0.257 e. The fraction of sp³-hybridized carbons (Fsp3) is 0.368. The predicted octanol–water partition coefficient (Wildman–Crippen LogP) is 2.69. The summed E-state index contributed by atoms with van der Waals surface area (Å²) in [6.07, 6.45) is 3.67. The molecule has 3 heterocycles. The molecule has 142 valence electrons. The molecule has 0 radical (unpaired) electrons. The Hall–Kier alpha value is -2.67. The van der Waals surface area contributed by atoms with Crippen LogP contribution in [0, 0.1) is 0 Å². The van der Waals surface area contributed by atoms with E-state index in [9.17, 15) is 9.59 Å². The number of carbonyl (C=O) groups is 2. The van der Waals surface area contributed by atoms with E-state index in [1.54, 1.807) is 28.0 Å². The van der Waals surface area contributed by atoms with Crippen LogP contribution in [0.4, 0.5) is 0 Å². The Morgan fingerprint density at radius 3 is 2.26 bits per heavy atom. The van der Waals surface area contributed by atoms with Crippen molar-refractivity contribution in [3.05, 3.63) is 46.9 Å². The van der Waals surface area contributed by atoms with Crippen LogP contribution in [0.1, 0.15) is 27.1 Å². The number of rotatable bonds is 2. The molecule has 0 atom stereocenters. The molecule has 0 aliphatic carbocycles. The van der Waals surface area contributed by atoms with E-state index in [2.05, 4.69) is 0 Å². The number of halogens is 1. The van der Waals surface area contributed by atoms with E-state index in [-0.39, 0.29) is 11.8 Å². The lowest BCUT2D eigenvalue weighted by molar-refractivity contribution is 0.0535. The van der Waals surface area contributed by atoms with Crippen LogP contribution in [0.5, 0.6) is 11.5 Å². The van der Waals surface area contributed by atoms with Crippen molar-refractivity contribution in [3.63, 3.8) is 0 Å². The molecular weight excluding hydrogens is 372 g/mol. The number of piperazine rings is 1. The fourth-order valence-corrected chi connectivity index (χ4v) is 3.48. The van der Waals surface area contributed by atoms with E-state index in [1.165, 1.54) is 12.5 Å². The zero-order valence-corrected chi connectivity index (χ0v) is 15.4. The maximum absolute atomic E-state index is 12.9. The molecule has 7 nitrogen and oxygen atoms in total. The number of ether oxygens (including phenoxy) is 2. The number of nitrogens with zero attached hydrogens (tertiary/aromatic N) is 2. The highest BCUT2D eigenvalue weighted by Crippen LogP contribution is 2.38. The zero-order chi connectivity index (χ0) is 18.8. The number of fused-ring (bicyclic) bond motifs is 1.